The number of aryl methyl sites for hydroxylation is 2. The van der Waals surface area contributed by atoms with Gasteiger partial charge in [-0.15, -0.1) is 0 Å². The monoisotopic (exact) mass is 369 g/mol. The normalized spacial score (nSPS) is 17.0. The number of rotatable bonds is 4. The zero-order chi connectivity index (χ0) is 18.8. The van der Waals surface area contributed by atoms with E-state index in [0.717, 1.165) is 55.9 Å². The molecule has 1 aliphatic heterocycles. The number of nitrogens with zero attached hydrogens (tertiary/aromatic N) is 1. The van der Waals surface area contributed by atoms with Gasteiger partial charge in [0.15, 0.2) is 0 Å². The van der Waals surface area contributed by atoms with Crippen LogP contribution < -0.4 is 9.64 Å². The van der Waals surface area contributed by atoms with Crippen LogP contribution in [0.3, 0.4) is 0 Å². The number of hydrogen-bond donors (Lipinski definition) is 1. The van der Waals surface area contributed by atoms with Gasteiger partial charge in [-0.3, -0.25) is 4.79 Å². The van der Waals surface area contributed by atoms with E-state index in [1.807, 2.05) is 11.0 Å². The molecule has 5 heteroatoms. The van der Waals surface area contributed by atoms with Gasteiger partial charge in [0, 0.05) is 5.56 Å². The molecular formula is C22H26FN2O2+. The van der Waals surface area contributed by atoms with Crippen LogP contribution in [0.4, 0.5) is 4.39 Å². The van der Waals surface area contributed by atoms with Gasteiger partial charge in [-0.1, -0.05) is 6.07 Å². The van der Waals surface area contributed by atoms with Crippen molar-refractivity contribution in [1.29, 1.82) is 0 Å². The van der Waals surface area contributed by atoms with Gasteiger partial charge in [0.25, 0.3) is 5.91 Å². The summed E-state index contributed by atoms with van der Waals surface area (Å²) < 4.78 is 18.9. The third-order valence-corrected chi connectivity index (χ3v) is 5.79. The van der Waals surface area contributed by atoms with Crippen LogP contribution in [-0.4, -0.2) is 44.1 Å². The van der Waals surface area contributed by atoms with Gasteiger partial charge < -0.3 is 14.5 Å². The topological polar surface area (TPSA) is 34.0 Å². The first-order valence-corrected chi connectivity index (χ1v) is 9.71. The van der Waals surface area contributed by atoms with E-state index in [0.29, 0.717) is 6.54 Å². The Morgan fingerprint density at radius 2 is 1.89 bits per heavy atom. The van der Waals surface area contributed by atoms with Crippen LogP contribution in [0.1, 0.15) is 33.5 Å². The van der Waals surface area contributed by atoms with E-state index in [-0.39, 0.29) is 11.7 Å². The van der Waals surface area contributed by atoms with E-state index >= 15 is 0 Å². The number of halogens is 1. The molecule has 27 heavy (non-hydrogen) atoms. The van der Waals surface area contributed by atoms with E-state index in [1.165, 1.54) is 28.5 Å². The van der Waals surface area contributed by atoms with E-state index < -0.39 is 0 Å². The van der Waals surface area contributed by atoms with Crippen LogP contribution in [0.5, 0.6) is 5.75 Å². The molecule has 2 aromatic carbocycles. The number of carbonyl (C=O) groups excluding carboxylic acids is 1. The number of hydrogen-bond acceptors (Lipinski definition) is 2. The molecule has 2 aliphatic rings. The fourth-order valence-electron chi connectivity index (χ4n) is 4.24. The highest BCUT2D eigenvalue weighted by atomic mass is 19.1. The van der Waals surface area contributed by atoms with Crippen molar-refractivity contribution in [1.82, 2.24) is 4.90 Å². The quantitative estimate of drug-likeness (QED) is 0.893. The number of nitrogens with one attached hydrogen (secondary N) is 1. The molecule has 0 atom stereocenters. The molecule has 1 fully saturated rings. The molecule has 1 amide bonds. The number of piperazine rings is 1. The van der Waals surface area contributed by atoms with E-state index in [2.05, 4.69) is 12.1 Å². The lowest BCUT2D eigenvalue weighted by Gasteiger charge is -2.32. The SMILES string of the molecule is COc1ccc(F)cc1C[NH+]1CCN(C(=O)c2ccc3c(c2)CCC3)CC1. The van der Waals surface area contributed by atoms with Crippen molar-refractivity contribution in [2.75, 3.05) is 33.3 Å². The zero-order valence-corrected chi connectivity index (χ0v) is 15.8. The van der Waals surface area contributed by atoms with Crippen molar-refractivity contribution >= 4 is 5.91 Å². The second-order valence-corrected chi connectivity index (χ2v) is 7.51. The highest BCUT2D eigenvalue weighted by molar-refractivity contribution is 5.94. The smallest absolute Gasteiger partial charge is 0.254 e. The average molecular weight is 369 g/mol. The summed E-state index contributed by atoms with van der Waals surface area (Å²) in [5.74, 6) is 0.614. The Labute approximate surface area is 159 Å². The molecule has 0 saturated carbocycles. The van der Waals surface area contributed by atoms with Crippen molar-refractivity contribution in [2.24, 2.45) is 0 Å². The van der Waals surface area contributed by atoms with Crippen molar-refractivity contribution in [2.45, 2.75) is 25.8 Å². The first-order valence-electron chi connectivity index (χ1n) is 9.71. The molecule has 0 aromatic heterocycles. The summed E-state index contributed by atoms with van der Waals surface area (Å²) in [5, 5.41) is 0. The maximum Gasteiger partial charge on any atom is 0.254 e. The first kappa shape index (κ1) is 18.0. The van der Waals surface area contributed by atoms with Crippen LogP contribution in [0.2, 0.25) is 0 Å². The minimum Gasteiger partial charge on any atom is -0.496 e. The minimum absolute atomic E-state index is 0.132. The third kappa shape index (κ3) is 3.83. The minimum atomic E-state index is -0.240. The standard InChI is InChI=1S/C22H25FN2O2/c1-27-21-8-7-20(23)14-19(21)15-24-9-11-25(12-10-24)22(26)18-6-5-16-3-2-4-17(16)13-18/h5-8,13-14H,2-4,9-12,15H2,1H3/p+1. The fourth-order valence-corrected chi connectivity index (χ4v) is 4.24. The van der Waals surface area contributed by atoms with Gasteiger partial charge in [0.2, 0.25) is 0 Å². The number of quaternary nitrogens is 1. The number of amides is 1. The Bertz CT molecular complexity index is 844. The molecule has 4 rings (SSSR count). The summed E-state index contributed by atoms with van der Waals surface area (Å²) in [4.78, 5) is 16.1. The van der Waals surface area contributed by atoms with Gasteiger partial charge in [0.1, 0.15) is 18.1 Å². The largest absolute Gasteiger partial charge is 0.496 e. The van der Waals surface area contributed by atoms with Gasteiger partial charge in [0.05, 0.1) is 38.9 Å². The number of methoxy groups -OCH3 is 1. The van der Waals surface area contributed by atoms with Crippen molar-refractivity contribution < 1.29 is 18.8 Å². The van der Waals surface area contributed by atoms with E-state index in [1.54, 1.807) is 19.2 Å². The molecule has 0 unspecified atom stereocenters. The number of fused-ring (bicyclic) bond motifs is 1. The maximum atomic E-state index is 13.6. The van der Waals surface area contributed by atoms with E-state index in [9.17, 15) is 9.18 Å². The van der Waals surface area contributed by atoms with Crippen LogP contribution in [0, 0.1) is 5.82 Å². The van der Waals surface area contributed by atoms with Crippen molar-refractivity contribution in [3.05, 3.63) is 64.5 Å². The van der Waals surface area contributed by atoms with Crippen molar-refractivity contribution in [3.8, 4) is 5.75 Å². The molecule has 0 bridgehead atoms. The van der Waals surface area contributed by atoms with Crippen molar-refractivity contribution in [3.63, 3.8) is 0 Å². The molecular weight excluding hydrogens is 343 g/mol. The van der Waals surface area contributed by atoms with Crippen LogP contribution >= 0.6 is 0 Å². The van der Waals surface area contributed by atoms with Gasteiger partial charge in [-0.05, 0) is 60.7 Å². The molecule has 1 heterocycles. The lowest BCUT2D eigenvalue weighted by atomic mass is 10.1. The summed E-state index contributed by atoms with van der Waals surface area (Å²) >= 11 is 0. The number of carbonyl (C=O) groups is 1. The Kier molecular flexibility index (Phi) is 5.12. The van der Waals surface area contributed by atoms with Gasteiger partial charge >= 0.3 is 0 Å². The van der Waals surface area contributed by atoms with Crippen LogP contribution in [0.25, 0.3) is 0 Å². The molecule has 2 aromatic rings. The Hall–Kier alpha value is -2.40. The number of ether oxygens (including phenoxy) is 1. The van der Waals surface area contributed by atoms with Gasteiger partial charge in [-0.25, -0.2) is 4.39 Å². The summed E-state index contributed by atoms with van der Waals surface area (Å²) in [5.41, 5.74) is 4.42. The number of benzene rings is 2. The highest BCUT2D eigenvalue weighted by Crippen LogP contribution is 2.23. The van der Waals surface area contributed by atoms with Crippen LogP contribution in [0.15, 0.2) is 36.4 Å². The second kappa shape index (κ2) is 7.69. The Morgan fingerprint density at radius 1 is 1.11 bits per heavy atom. The summed E-state index contributed by atoms with van der Waals surface area (Å²) in [6.45, 7) is 3.88. The average Bonchev–Trinajstić information content (AvgIpc) is 3.16. The lowest BCUT2D eigenvalue weighted by Crippen LogP contribution is -3.13. The Morgan fingerprint density at radius 3 is 2.67 bits per heavy atom. The summed E-state index contributed by atoms with van der Waals surface area (Å²) in [6, 6.07) is 10.8. The fraction of sp³-hybridized carbons (Fsp3) is 0.409. The predicted octanol–water partition coefficient (Wildman–Crippen LogP) is 1.86. The van der Waals surface area contributed by atoms with Crippen LogP contribution in [-0.2, 0) is 19.4 Å². The Balaban J connectivity index is 1.37. The van der Waals surface area contributed by atoms with Gasteiger partial charge in [-0.2, -0.15) is 0 Å². The van der Waals surface area contributed by atoms with E-state index in [4.69, 9.17) is 4.74 Å². The maximum absolute atomic E-state index is 13.6. The predicted molar refractivity (Wildman–Crippen MR) is 102 cm³/mol. The third-order valence-electron chi connectivity index (χ3n) is 5.79. The summed E-state index contributed by atoms with van der Waals surface area (Å²) in [7, 11) is 1.61. The molecule has 1 saturated heterocycles. The molecule has 0 spiro atoms. The molecule has 0 radical (unpaired) electrons. The molecule has 4 nitrogen and oxygen atoms in total. The second-order valence-electron chi connectivity index (χ2n) is 7.51. The first-order chi connectivity index (χ1) is 13.1. The molecule has 1 aliphatic carbocycles. The summed E-state index contributed by atoms with van der Waals surface area (Å²) in [6.07, 6.45) is 3.41. The molecule has 142 valence electrons. The highest BCUT2D eigenvalue weighted by Gasteiger charge is 2.26. The zero-order valence-electron chi connectivity index (χ0n) is 15.8. The lowest BCUT2D eigenvalue weighted by molar-refractivity contribution is -0.917. The molecule has 1 N–H and O–H groups in total.